The second-order valence-corrected chi connectivity index (χ2v) is 6.49. The van der Waals surface area contributed by atoms with Crippen LogP contribution in [0.4, 0.5) is 4.39 Å². The molecule has 2 aromatic carbocycles. The Morgan fingerprint density at radius 3 is 2.52 bits per heavy atom. The van der Waals surface area contributed by atoms with E-state index < -0.39 is 0 Å². The monoisotopic (exact) mass is 341 g/mol. The Balaban J connectivity index is 1.62. The van der Waals surface area contributed by atoms with Crippen molar-refractivity contribution in [2.24, 2.45) is 0 Å². The first kappa shape index (κ1) is 17.6. The molecule has 0 aromatic heterocycles. The minimum absolute atomic E-state index is 0.0574. The van der Waals surface area contributed by atoms with Gasteiger partial charge >= 0.3 is 0 Å². The van der Waals surface area contributed by atoms with Gasteiger partial charge in [-0.25, -0.2) is 4.39 Å². The predicted molar refractivity (Wildman–Crippen MR) is 96.4 cm³/mol. The van der Waals surface area contributed by atoms with Crippen LogP contribution in [0.25, 0.3) is 0 Å². The molecular formula is C20H24FN3O. The standard InChI is InChI=1S/C20H24FN3O/c1-22-20(25)19-11-18(23-12-15-7-9-17(21)10-8-15)14-24(19)13-16-5-3-2-4-6-16/h2-10,18-19,23H,11-14H2,1H3,(H,22,25)/t18-,19+/m1/s1. The van der Waals surface area contributed by atoms with Crippen LogP contribution < -0.4 is 10.6 Å². The van der Waals surface area contributed by atoms with Crippen molar-refractivity contribution in [3.8, 4) is 0 Å². The zero-order valence-electron chi connectivity index (χ0n) is 14.4. The molecule has 0 spiro atoms. The number of nitrogens with zero attached hydrogens (tertiary/aromatic N) is 1. The molecule has 0 radical (unpaired) electrons. The summed E-state index contributed by atoms with van der Waals surface area (Å²) in [6.45, 7) is 2.24. The number of amides is 1. The van der Waals surface area contributed by atoms with Crippen LogP contribution in [0.1, 0.15) is 17.5 Å². The number of halogens is 1. The topological polar surface area (TPSA) is 44.4 Å². The van der Waals surface area contributed by atoms with Gasteiger partial charge in [-0.1, -0.05) is 42.5 Å². The van der Waals surface area contributed by atoms with Gasteiger partial charge in [0.2, 0.25) is 5.91 Å². The molecule has 0 aliphatic carbocycles. The number of hydrogen-bond donors (Lipinski definition) is 2. The molecule has 1 saturated heterocycles. The Hall–Kier alpha value is -2.24. The fourth-order valence-electron chi connectivity index (χ4n) is 3.35. The number of carbonyl (C=O) groups excluding carboxylic acids is 1. The van der Waals surface area contributed by atoms with Gasteiger partial charge in [-0.3, -0.25) is 9.69 Å². The summed E-state index contributed by atoms with van der Waals surface area (Å²) >= 11 is 0. The molecule has 25 heavy (non-hydrogen) atoms. The summed E-state index contributed by atoms with van der Waals surface area (Å²) in [4.78, 5) is 14.5. The van der Waals surface area contributed by atoms with Gasteiger partial charge in [-0.2, -0.15) is 0 Å². The molecule has 1 amide bonds. The third-order valence-corrected chi connectivity index (χ3v) is 4.69. The van der Waals surface area contributed by atoms with E-state index in [-0.39, 0.29) is 23.8 Å². The first-order valence-corrected chi connectivity index (χ1v) is 8.63. The van der Waals surface area contributed by atoms with Crippen molar-refractivity contribution in [3.63, 3.8) is 0 Å². The highest BCUT2D eigenvalue weighted by atomic mass is 19.1. The lowest BCUT2D eigenvalue weighted by Gasteiger charge is -2.22. The van der Waals surface area contributed by atoms with Crippen LogP contribution in [-0.2, 0) is 17.9 Å². The van der Waals surface area contributed by atoms with Crippen LogP contribution in [0.3, 0.4) is 0 Å². The van der Waals surface area contributed by atoms with E-state index in [1.807, 2.05) is 18.2 Å². The van der Waals surface area contributed by atoms with Gasteiger partial charge in [-0.15, -0.1) is 0 Å². The summed E-state index contributed by atoms with van der Waals surface area (Å²) in [5, 5.41) is 6.27. The Morgan fingerprint density at radius 2 is 1.84 bits per heavy atom. The molecule has 2 atom stereocenters. The molecule has 132 valence electrons. The number of likely N-dealkylation sites (tertiary alicyclic amines) is 1. The number of hydrogen-bond acceptors (Lipinski definition) is 3. The van der Waals surface area contributed by atoms with E-state index in [4.69, 9.17) is 0 Å². The van der Waals surface area contributed by atoms with Gasteiger partial charge in [0.15, 0.2) is 0 Å². The molecular weight excluding hydrogens is 317 g/mol. The molecule has 2 N–H and O–H groups in total. The van der Waals surface area contributed by atoms with Gasteiger partial charge in [0, 0.05) is 32.7 Å². The van der Waals surface area contributed by atoms with Crippen molar-refractivity contribution in [2.45, 2.75) is 31.6 Å². The summed E-state index contributed by atoms with van der Waals surface area (Å²) in [5.74, 6) is -0.166. The van der Waals surface area contributed by atoms with Crippen molar-refractivity contribution in [2.75, 3.05) is 13.6 Å². The van der Waals surface area contributed by atoms with Gasteiger partial charge in [0.1, 0.15) is 5.82 Å². The Morgan fingerprint density at radius 1 is 1.12 bits per heavy atom. The van der Waals surface area contributed by atoms with E-state index in [0.29, 0.717) is 6.54 Å². The van der Waals surface area contributed by atoms with Gasteiger partial charge < -0.3 is 10.6 Å². The molecule has 1 fully saturated rings. The third kappa shape index (κ3) is 4.65. The van der Waals surface area contributed by atoms with Gasteiger partial charge in [0.05, 0.1) is 6.04 Å². The first-order chi connectivity index (χ1) is 12.2. The van der Waals surface area contributed by atoms with Crippen molar-refractivity contribution in [1.29, 1.82) is 0 Å². The number of carbonyl (C=O) groups is 1. The highest BCUT2D eigenvalue weighted by Gasteiger charge is 2.35. The Bertz CT molecular complexity index is 690. The largest absolute Gasteiger partial charge is 0.358 e. The summed E-state index contributed by atoms with van der Waals surface area (Å²) in [6, 6.07) is 16.8. The number of benzene rings is 2. The van der Waals surface area contributed by atoms with Crippen molar-refractivity contribution in [1.82, 2.24) is 15.5 Å². The molecule has 1 aliphatic heterocycles. The van der Waals surface area contributed by atoms with E-state index in [1.165, 1.54) is 17.7 Å². The average molecular weight is 341 g/mol. The lowest BCUT2D eigenvalue weighted by molar-refractivity contribution is -0.125. The van der Waals surface area contributed by atoms with Crippen LogP contribution in [0.5, 0.6) is 0 Å². The quantitative estimate of drug-likeness (QED) is 0.847. The average Bonchev–Trinajstić information content (AvgIpc) is 3.04. The van der Waals surface area contributed by atoms with Crippen molar-refractivity contribution in [3.05, 3.63) is 71.5 Å². The predicted octanol–water partition coefficient (Wildman–Crippen LogP) is 2.30. The van der Waals surface area contributed by atoms with Crippen LogP contribution in [-0.4, -0.2) is 36.5 Å². The van der Waals surface area contributed by atoms with E-state index in [0.717, 1.165) is 25.1 Å². The van der Waals surface area contributed by atoms with E-state index >= 15 is 0 Å². The molecule has 0 unspecified atom stereocenters. The lowest BCUT2D eigenvalue weighted by atomic mass is 10.1. The van der Waals surface area contributed by atoms with Crippen molar-refractivity contribution >= 4 is 5.91 Å². The molecule has 2 aromatic rings. The molecule has 1 aliphatic rings. The lowest BCUT2D eigenvalue weighted by Crippen LogP contribution is -2.41. The van der Waals surface area contributed by atoms with Crippen LogP contribution in [0.15, 0.2) is 54.6 Å². The molecule has 4 nitrogen and oxygen atoms in total. The molecule has 5 heteroatoms. The maximum atomic E-state index is 13.0. The second kappa shape index (κ2) is 8.23. The normalized spacial score (nSPS) is 20.6. The molecule has 0 saturated carbocycles. The smallest absolute Gasteiger partial charge is 0.237 e. The Labute approximate surface area is 148 Å². The highest BCUT2D eigenvalue weighted by Crippen LogP contribution is 2.21. The first-order valence-electron chi connectivity index (χ1n) is 8.63. The zero-order valence-corrected chi connectivity index (χ0v) is 14.4. The number of rotatable bonds is 6. The van der Waals surface area contributed by atoms with E-state index in [2.05, 4.69) is 27.7 Å². The number of nitrogens with one attached hydrogen (secondary N) is 2. The minimum Gasteiger partial charge on any atom is -0.358 e. The SMILES string of the molecule is CNC(=O)[C@@H]1C[C@@H](NCc2ccc(F)cc2)CN1Cc1ccccc1. The van der Waals surface area contributed by atoms with Crippen LogP contribution in [0, 0.1) is 5.82 Å². The fourth-order valence-corrected chi connectivity index (χ4v) is 3.35. The summed E-state index contributed by atoms with van der Waals surface area (Å²) in [7, 11) is 1.68. The summed E-state index contributed by atoms with van der Waals surface area (Å²) in [5.41, 5.74) is 2.25. The zero-order chi connectivity index (χ0) is 17.6. The van der Waals surface area contributed by atoms with E-state index in [9.17, 15) is 9.18 Å². The summed E-state index contributed by atoms with van der Waals surface area (Å²) in [6.07, 6.45) is 0.772. The maximum Gasteiger partial charge on any atom is 0.237 e. The fraction of sp³-hybridized carbons (Fsp3) is 0.350. The van der Waals surface area contributed by atoms with E-state index in [1.54, 1.807) is 19.2 Å². The Kier molecular flexibility index (Phi) is 5.79. The second-order valence-electron chi connectivity index (χ2n) is 6.49. The van der Waals surface area contributed by atoms with Gasteiger partial charge in [-0.05, 0) is 29.7 Å². The maximum absolute atomic E-state index is 13.0. The van der Waals surface area contributed by atoms with Crippen molar-refractivity contribution < 1.29 is 9.18 Å². The minimum atomic E-state index is -0.224. The van der Waals surface area contributed by atoms with Crippen LogP contribution >= 0.6 is 0 Å². The highest BCUT2D eigenvalue weighted by molar-refractivity contribution is 5.81. The van der Waals surface area contributed by atoms with Crippen LogP contribution in [0.2, 0.25) is 0 Å². The van der Waals surface area contributed by atoms with Gasteiger partial charge in [0.25, 0.3) is 0 Å². The number of likely N-dealkylation sites (N-methyl/N-ethyl adjacent to an activating group) is 1. The third-order valence-electron chi connectivity index (χ3n) is 4.69. The molecule has 3 rings (SSSR count). The molecule has 1 heterocycles. The summed E-state index contributed by atoms with van der Waals surface area (Å²) < 4.78 is 13.0. The molecule has 0 bridgehead atoms.